The maximum atomic E-state index is 12.8. The molecule has 0 saturated heterocycles. The van der Waals surface area contributed by atoms with Crippen molar-refractivity contribution in [2.45, 2.75) is 25.2 Å². The Labute approximate surface area is 161 Å². The van der Waals surface area contributed by atoms with Gasteiger partial charge >= 0.3 is 0 Å². The van der Waals surface area contributed by atoms with Crippen molar-refractivity contribution in [2.75, 3.05) is 25.0 Å². The Morgan fingerprint density at radius 3 is 2.41 bits per heavy atom. The molecule has 1 N–H and O–H groups in total. The Morgan fingerprint density at radius 1 is 1.15 bits per heavy atom. The Morgan fingerprint density at radius 2 is 1.81 bits per heavy atom. The van der Waals surface area contributed by atoms with Crippen LogP contribution in [0, 0.1) is 5.92 Å². The molecule has 1 amide bonds. The summed E-state index contributed by atoms with van der Waals surface area (Å²) in [4.78, 5) is 12.4. The van der Waals surface area contributed by atoms with Crippen LogP contribution in [0.4, 0.5) is 5.69 Å². The number of rotatable bonds is 8. The highest BCUT2D eigenvalue weighted by molar-refractivity contribution is 7.92. The predicted octanol–water partition coefficient (Wildman–Crippen LogP) is 3.30. The molecule has 2 aromatic rings. The number of hydrogen-bond donors (Lipinski definition) is 1. The van der Waals surface area contributed by atoms with Gasteiger partial charge in [0.15, 0.2) is 0 Å². The first-order valence-corrected chi connectivity index (χ1v) is 10.2. The standard InChI is InChI=1S/C20H26N2O4S/c1-15(2)12-13-21-20(23)16-6-5-7-17(14-16)22(3)27(24,25)19-10-8-18(26-4)9-11-19/h5-11,14-15H,12-13H2,1-4H3,(H,21,23). The average Bonchev–Trinajstić information content (AvgIpc) is 2.67. The van der Waals surface area contributed by atoms with Gasteiger partial charge in [-0.1, -0.05) is 19.9 Å². The zero-order valence-corrected chi connectivity index (χ0v) is 16.9. The van der Waals surface area contributed by atoms with E-state index in [4.69, 9.17) is 4.74 Å². The number of carbonyl (C=O) groups excluding carboxylic acids is 1. The van der Waals surface area contributed by atoms with Crippen molar-refractivity contribution in [1.29, 1.82) is 0 Å². The number of nitrogens with zero attached hydrogens (tertiary/aromatic N) is 1. The smallest absolute Gasteiger partial charge is 0.264 e. The van der Waals surface area contributed by atoms with E-state index in [2.05, 4.69) is 19.2 Å². The van der Waals surface area contributed by atoms with E-state index in [-0.39, 0.29) is 10.8 Å². The van der Waals surface area contributed by atoms with E-state index < -0.39 is 10.0 Å². The number of benzene rings is 2. The summed E-state index contributed by atoms with van der Waals surface area (Å²) in [6, 6.07) is 12.8. The summed E-state index contributed by atoms with van der Waals surface area (Å²) in [6.07, 6.45) is 0.886. The molecular formula is C20H26N2O4S. The van der Waals surface area contributed by atoms with Gasteiger partial charge in [-0.3, -0.25) is 9.10 Å². The van der Waals surface area contributed by atoms with Gasteiger partial charge in [0.2, 0.25) is 0 Å². The fraction of sp³-hybridized carbons (Fsp3) is 0.350. The van der Waals surface area contributed by atoms with Gasteiger partial charge in [0.25, 0.3) is 15.9 Å². The lowest BCUT2D eigenvalue weighted by molar-refractivity contribution is 0.0952. The summed E-state index contributed by atoms with van der Waals surface area (Å²) < 4.78 is 31.9. The van der Waals surface area contributed by atoms with Gasteiger partial charge in [-0.15, -0.1) is 0 Å². The van der Waals surface area contributed by atoms with Gasteiger partial charge in [-0.25, -0.2) is 8.42 Å². The van der Waals surface area contributed by atoms with Crippen molar-refractivity contribution >= 4 is 21.6 Å². The topological polar surface area (TPSA) is 75.7 Å². The molecule has 2 aromatic carbocycles. The van der Waals surface area contributed by atoms with Crippen LogP contribution in [-0.4, -0.2) is 35.0 Å². The van der Waals surface area contributed by atoms with Crippen LogP contribution in [-0.2, 0) is 10.0 Å². The van der Waals surface area contributed by atoms with Gasteiger partial charge in [-0.05, 0) is 54.8 Å². The minimum Gasteiger partial charge on any atom is -0.497 e. The number of amides is 1. The molecule has 0 saturated carbocycles. The van der Waals surface area contributed by atoms with Crippen LogP contribution in [0.25, 0.3) is 0 Å². The van der Waals surface area contributed by atoms with Crippen molar-refractivity contribution in [3.8, 4) is 5.75 Å². The maximum absolute atomic E-state index is 12.8. The first-order valence-electron chi connectivity index (χ1n) is 8.77. The molecule has 0 atom stereocenters. The van der Waals surface area contributed by atoms with Crippen molar-refractivity contribution in [3.63, 3.8) is 0 Å². The average molecular weight is 391 g/mol. The van der Waals surface area contributed by atoms with Gasteiger partial charge < -0.3 is 10.1 Å². The van der Waals surface area contributed by atoms with Crippen molar-refractivity contribution in [3.05, 3.63) is 54.1 Å². The summed E-state index contributed by atoms with van der Waals surface area (Å²) in [5, 5.41) is 2.86. The number of ether oxygens (including phenoxy) is 1. The molecule has 0 unspecified atom stereocenters. The van der Waals surface area contributed by atoms with E-state index >= 15 is 0 Å². The Hall–Kier alpha value is -2.54. The quantitative estimate of drug-likeness (QED) is 0.750. The molecule has 6 nitrogen and oxygen atoms in total. The second kappa shape index (κ2) is 8.90. The van der Waals surface area contributed by atoms with Crippen LogP contribution in [0.2, 0.25) is 0 Å². The fourth-order valence-electron chi connectivity index (χ4n) is 2.46. The number of nitrogens with one attached hydrogen (secondary N) is 1. The minimum absolute atomic E-state index is 0.151. The highest BCUT2D eigenvalue weighted by Crippen LogP contribution is 2.24. The molecule has 0 spiro atoms. The van der Waals surface area contributed by atoms with Gasteiger partial charge in [-0.2, -0.15) is 0 Å². The summed E-state index contributed by atoms with van der Waals surface area (Å²) in [7, 11) is -0.753. The van der Waals surface area contributed by atoms with E-state index in [0.717, 1.165) is 6.42 Å². The zero-order valence-electron chi connectivity index (χ0n) is 16.1. The summed E-state index contributed by atoms with van der Waals surface area (Å²) >= 11 is 0. The molecule has 0 aliphatic rings. The highest BCUT2D eigenvalue weighted by atomic mass is 32.2. The molecule has 0 bridgehead atoms. The van der Waals surface area contributed by atoms with Crippen LogP contribution >= 0.6 is 0 Å². The van der Waals surface area contributed by atoms with Crippen LogP contribution in [0.3, 0.4) is 0 Å². The molecule has 0 aliphatic heterocycles. The van der Waals surface area contributed by atoms with Crippen LogP contribution in [0.15, 0.2) is 53.4 Å². The summed E-state index contributed by atoms with van der Waals surface area (Å²) in [6.45, 7) is 4.76. The second-order valence-corrected chi connectivity index (χ2v) is 8.61. The molecular weight excluding hydrogens is 364 g/mol. The lowest BCUT2D eigenvalue weighted by Crippen LogP contribution is -2.28. The number of anilines is 1. The Bertz CT molecular complexity index is 877. The monoisotopic (exact) mass is 390 g/mol. The van der Waals surface area contributed by atoms with Crippen molar-refractivity contribution in [2.24, 2.45) is 5.92 Å². The molecule has 0 fully saturated rings. The normalized spacial score (nSPS) is 11.3. The Balaban J connectivity index is 2.20. The second-order valence-electron chi connectivity index (χ2n) is 6.64. The van der Waals surface area contributed by atoms with E-state index in [0.29, 0.717) is 29.5 Å². The third-order valence-corrected chi connectivity index (χ3v) is 6.00. The Kier molecular flexibility index (Phi) is 6.85. The lowest BCUT2D eigenvalue weighted by Gasteiger charge is -2.20. The van der Waals surface area contributed by atoms with E-state index in [1.54, 1.807) is 36.4 Å². The molecule has 0 radical (unpaired) electrons. The van der Waals surface area contributed by atoms with E-state index in [9.17, 15) is 13.2 Å². The molecule has 27 heavy (non-hydrogen) atoms. The highest BCUT2D eigenvalue weighted by Gasteiger charge is 2.22. The zero-order chi connectivity index (χ0) is 20.0. The molecule has 0 aliphatic carbocycles. The number of methoxy groups -OCH3 is 1. The summed E-state index contributed by atoms with van der Waals surface area (Å²) in [5.41, 5.74) is 0.843. The van der Waals surface area contributed by atoms with E-state index in [1.807, 2.05) is 0 Å². The van der Waals surface area contributed by atoms with Gasteiger partial charge in [0.1, 0.15) is 5.75 Å². The molecule has 146 valence electrons. The van der Waals surface area contributed by atoms with Gasteiger partial charge in [0.05, 0.1) is 17.7 Å². The van der Waals surface area contributed by atoms with Crippen molar-refractivity contribution in [1.82, 2.24) is 5.32 Å². The number of carbonyl (C=O) groups is 1. The largest absolute Gasteiger partial charge is 0.497 e. The molecule has 0 aromatic heterocycles. The molecule has 7 heteroatoms. The number of sulfonamides is 1. The maximum Gasteiger partial charge on any atom is 0.264 e. The summed E-state index contributed by atoms with van der Waals surface area (Å²) in [5.74, 6) is 0.863. The minimum atomic E-state index is -3.74. The number of hydrogen-bond acceptors (Lipinski definition) is 4. The SMILES string of the molecule is COc1ccc(S(=O)(=O)N(C)c2cccc(C(=O)NCCC(C)C)c2)cc1. The van der Waals surface area contributed by atoms with Crippen LogP contribution in [0.1, 0.15) is 30.6 Å². The first kappa shape index (κ1) is 20.8. The van der Waals surface area contributed by atoms with Crippen molar-refractivity contribution < 1.29 is 17.9 Å². The third kappa shape index (κ3) is 5.23. The van der Waals surface area contributed by atoms with Gasteiger partial charge in [0, 0.05) is 19.2 Å². The molecule has 0 heterocycles. The van der Waals surface area contributed by atoms with E-state index in [1.165, 1.54) is 30.6 Å². The molecule has 2 rings (SSSR count). The first-order chi connectivity index (χ1) is 12.8. The van der Waals surface area contributed by atoms with Crippen LogP contribution in [0.5, 0.6) is 5.75 Å². The van der Waals surface area contributed by atoms with Crippen LogP contribution < -0.4 is 14.4 Å². The fourth-order valence-corrected chi connectivity index (χ4v) is 3.65. The lowest BCUT2D eigenvalue weighted by atomic mass is 10.1. The third-order valence-electron chi connectivity index (χ3n) is 4.20. The predicted molar refractivity (Wildman–Crippen MR) is 107 cm³/mol.